The number of halogens is 2. The molecule has 0 aromatic heterocycles. The maximum Gasteiger partial charge on any atom is 0.123 e. The summed E-state index contributed by atoms with van der Waals surface area (Å²) >= 11 is 0. The zero-order valence-electron chi connectivity index (χ0n) is 10.9. The van der Waals surface area contributed by atoms with Gasteiger partial charge in [-0.25, -0.2) is 4.39 Å². The number of nitrogens with zero attached hydrogens (tertiary/aromatic N) is 1. The van der Waals surface area contributed by atoms with Crippen molar-refractivity contribution in [3.05, 3.63) is 35.6 Å². The first-order valence-electron chi connectivity index (χ1n) is 6.39. The molecule has 0 saturated carbocycles. The Labute approximate surface area is 115 Å². The van der Waals surface area contributed by atoms with Gasteiger partial charge in [-0.05, 0) is 63.1 Å². The van der Waals surface area contributed by atoms with Gasteiger partial charge in [0.05, 0.1) is 0 Å². The van der Waals surface area contributed by atoms with Crippen LogP contribution in [-0.2, 0) is 6.54 Å². The van der Waals surface area contributed by atoms with Gasteiger partial charge in [0, 0.05) is 6.54 Å². The standard InChI is InChI=1S/C14H21FN2.ClH/c1-16-10-12-6-8-17(9-7-12)11-13-2-4-14(15)5-3-13;/h2-5,12,16H,6-11H2,1H3;1H. The number of piperidine rings is 1. The summed E-state index contributed by atoms with van der Waals surface area (Å²) in [6, 6.07) is 6.86. The summed E-state index contributed by atoms with van der Waals surface area (Å²) in [5.41, 5.74) is 1.21. The molecule has 1 aromatic carbocycles. The van der Waals surface area contributed by atoms with E-state index < -0.39 is 0 Å². The zero-order valence-corrected chi connectivity index (χ0v) is 11.7. The van der Waals surface area contributed by atoms with Crippen molar-refractivity contribution in [2.75, 3.05) is 26.7 Å². The van der Waals surface area contributed by atoms with Gasteiger partial charge in [-0.2, -0.15) is 0 Å². The van der Waals surface area contributed by atoms with Gasteiger partial charge >= 0.3 is 0 Å². The molecule has 0 bridgehead atoms. The van der Waals surface area contributed by atoms with Gasteiger partial charge in [0.2, 0.25) is 0 Å². The number of likely N-dealkylation sites (tertiary alicyclic amines) is 1. The van der Waals surface area contributed by atoms with Crippen LogP contribution >= 0.6 is 12.4 Å². The first kappa shape index (κ1) is 15.4. The number of hydrogen-bond acceptors (Lipinski definition) is 2. The normalized spacial score (nSPS) is 17.4. The van der Waals surface area contributed by atoms with Crippen LogP contribution in [0.1, 0.15) is 18.4 Å². The lowest BCUT2D eigenvalue weighted by Gasteiger charge is -2.31. The summed E-state index contributed by atoms with van der Waals surface area (Å²) < 4.78 is 12.8. The highest BCUT2D eigenvalue weighted by molar-refractivity contribution is 5.85. The van der Waals surface area contributed by atoms with E-state index in [1.165, 1.54) is 18.4 Å². The van der Waals surface area contributed by atoms with E-state index in [2.05, 4.69) is 10.2 Å². The number of benzene rings is 1. The second-order valence-corrected chi connectivity index (χ2v) is 4.90. The smallest absolute Gasteiger partial charge is 0.123 e. The Balaban J connectivity index is 0.00000162. The average Bonchev–Trinajstić information content (AvgIpc) is 2.35. The fraction of sp³-hybridized carbons (Fsp3) is 0.571. The molecule has 1 heterocycles. The molecule has 102 valence electrons. The van der Waals surface area contributed by atoms with E-state index in [4.69, 9.17) is 0 Å². The molecule has 4 heteroatoms. The topological polar surface area (TPSA) is 15.3 Å². The zero-order chi connectivity index (χ0) is 12.1. The van der Waals surface area contributed by atoms with Crippen molar-refractivity contribution in [2.24, 2.45) is 5.92 Å². The van der Waals surface area contributed by atoms with Crippen LogP contribution in [0.2, 0.25) is 0 Å². The second kappa shape index (κ2) is 7.72. The summed E-state index contributed by atoms with van der Waals surface area (Å²) in [5, 5.41) is 3.25. The Morgan fingerprint density at radius 1 is 1.22 bits per heavy atom. The fourth-order valence-corrected chi connectivity index (χ4v) is 2.49. The third-order valence-electron chi connectivity index (χ3n) is 3.52. The molecule has 0 aliphatic carbocycles. The Morgan fingerprint density at radius 3 is 2.39 bits per heavy atom. The maximum atomic E-state index is 12.8. The summed E-state index contributed by atoms with van der Waals surface area (Å²) in [6.45, 7) is 4.39. The number of nitrogens with one attached hydrogen (secondary N) is 1. The van der Waals surface area contributed by atoms with Gasteiger partial charge < -0.3 is 5.32 Å². The lowest BCUT2D eigenvalue weighted by Crippen LogP contribution is -2.36. The quantitative estimate of drug-likeness (QED) is 0.907. The van der Waals surface area contributed by atoms with E-state index in [1.807, 2.05) is 19.2 Å². The van der Waals surface area contributed by atoms with Crippen LogP contribution in [0.4, 0.5) is 4.39 Å². The van der Waals surface area contributed by atoms with E-state index in [0.29, 0.717) is 0 Å². The Hall–Kier alpha value is -0.640. The Kier molecular flexibility index (Phi) is 6.61. The van der Waals surface area contributed by atoms with Crippen LogP contribution < -0.4 is 5.32 Å². The third-order valence-corrected chi connectivity index (χ3v) is 3.52. The molecule has 0 unspecified atom stereocenters. The summed E-state index contributed by atoms with van der Waals surface area (Å²) in [5.74, 6) is 0.672. The van der Waals surface area contributed by atoms with E-state index >= 15 is 0 Å². The minimum atomic E-state index is -0.151. The van der Waals surface area contributed by atoms with Crippen molar-refractivity contribution in [3.63, 3.8) is 0 Å². The van der Waals surface area contributed by atoms with Gasteiger partial charge in [0.25, 0.3) is 0 Å². The lowest BCUT2D eigenvalue weighted by molar-refractivity contribution is 0.177. The van der Waals surface area contributed by atoms with Crippen molar-refractivity contribution in [2.45, 2.75) is 19.4 Å². The summed E-state index contributed by atoms with van der Waals surface area (Å²) in [6.07, 6.45) is 2.53. The van der Waals surface area contributed by atoms with E-state index in [1.54, 1.807) is 12.1 Å². The van der Waals surface area contributed by atoms with Gasteiger partial charge in [-0.15, -0.1) is 12.4 Å². The van der Waals surface area contributed by atoms with Gasteiger partial charge in [-0.3, -0.25) is 4.90 Å². The van der Waals surface area contributed by atoms with Crippen LogP contribution in [0.25, 0.3) is 0 Å². The van der Waals surface area contributed by atoms with Crippen molar-refractivity contribution in [1.82, 2.24) is 10.2 Å². The van der Waals surface area contributed by atoms with Crippen molar-refractivity contribution in [3.8, 4) is 0 Å². The predicted molar refractivity (Wildman–Crippen MR) is 75.6 cm³/mol. The molecule has 1 N–H and O–H groups in total. The fourth-order valence-electron chi connectivity index (χ4n) is 2.49. The molecule has 0 atom stereocenters. The van der Waals surface area contributed by atoms with Crippen LogP contribution in [0.15, 0.2) is 24.3 Å². The summed E-state index contributed by atoms with van der Waals surface area (Å²) in [4.78, 5) is 2.46. The molecule has 1 aromatic rings. The molecule has 1 aliphatic heterocycles. The third kappa shape index (κ3) is 4.56. The van der Waals surface area contributed by atoms with Crippen LogP contribution in [0.3, 0.4) is 0 Å². The predicted octanol–water partition coefficient (Wildman–Crippen LogP) is 2.68. The maximum absolute atomic E-state index is 12.8. The molecular formula is C14H22ClFN2. The number of hydrogen-bond donors (Lipinski definition) is 1. The molecule has 1 aliphatic rings. The monoisotopic (exact) mass is 272 g/mol. The minimum Gasteiger partial charge on any atom is -0.319 e. The highest BCUT2D eigenvalue weighted by Gasteiger charge is 2.18. The minimum absolute atomic E-state index is 0. The molecule has 18 heavy (non-hydrogen) atoms. The van der Waals surface area contributed by atoms with E-state index in [9.17, 15) is 4.39 Å². The van der Waals surface area contributed by atoms with E-state index in [0.717, 1.165) is 32.1 Å². The van der Waals surface area contributed by atoms with Crippen LogP contribution in [-0.4, -0.2) is 31.6 Å². The molecule has 0 radical (unpaired) electrons. The van der Waals surface area contributed by atoms with Crippen molar-refractivity contribution < 1.29 is 4.39 Å². The van der Waals surface area contributed by atoms with Crippen LogP contribution in [0.5, 0.6) is 0 Å². The molecule has 1 saturated heterocycles. The molecule has 2 nitrogen and oxygen atoms in total. The largest absolute Gasteiger partial charge is 0.319 e. The van der Waals surface area contributed by atoms with E-state index in [-0.39, 0.29) is 18.2 Å². The van der Waals surface area contributed by atoms with Crippen LogP contribution in [0, 0.1) is 11.7 Å². The second-order valence-electron chi connectivity index (χ2n) is 4.90. The first-order valence-corrected chi connectivity index (χ1v) is 6.39. The van der Waals surface area contributed by atoms with Gasteiger partial charge in [0.1, 0.15) is 5.82 Å². The molecule has 2 rings (SSSR count). The highest BCUT2D eigenvalue weighted by Crippen LogP contribution is 2.18. The lowest BCUT2D eigenvalue weighted by atomic mass is 9.96. The molecule has 1 fully saturated rings. The van der Waals surface area contributed by atoms with Gasteiger partial charge in [-0.1, -0.05) is 12.1 Å². The summed E-state index contributed by atoms with van der Waals surface area (Å²) in [7, 11) is 2.02. The SMILES string of the molecule is CNCC1CCN(Cc2ccc(F)cc2)CC1.Cl. The van der Waals surface area contributed by atoms with Crippen molar-refractivity contribution in [1.29, 1.82) is 0 Å². The number of rotatable bonds is 4. The average molecular weight is 273 g/mol. The van der Waals surface area contributed by atoms with Crippen molar-refractivity contribution >= 4 is 12.4 Å². The van der Waals surface area contributed by atoms with Gasteiger partial charge in [0.15, 0.2) is 0 Å². The Morgan fingerprint density at radius 2 is 1.83 bits per heavy atom. The first-order chi connectivity index (χ1) is 8.28. The molecule has 0 amide bonds. The molecular weight excluding hydrogens is 251 g/mol. The highest BCUT2D eigenvalue weighted by atomic mass is 35.5. The molecule has 0 spiro atoms. The Bertz CT molecular complexity index is 334.